The van der Waals surface area contributed by atoms with Gasteiger partial charge in [0.1, 0.15) is 17.6 Å². The van der Waals surface area contributed by atoms with Crippen molar-refractivity contribution in [1.29, 1.82) is 5.26 Å². The first-order valence-electron chi connectivity index (χ1n) is 3.10. The Hall–Kier alpha value is -1.70. The molecule has 0 aliphatic carbocycles. The van der Waals surface area contributed by atoms with E-state index >= 15 is 0 Å². The monoisotopic (exact) mass is 169 g/mol. The Bertz CT molecular complexity index is 330. The van der Waals surface area contributed by atoms with E-state index in [9.17, 15) is 8.78 Å². The zero-order valence-electron chi connectivity index (χ0n) is 5.96. The SMILES string of the molecule is N#Cc1ccc(C(F)F)nc1N. The van der Waals surface area contributed by atoms with E-state index in [1.165, 1.54) is 6.07 Å². The van der Waals surface area contributed by atoms with Crippen LogP contribution >= 0.6 is 0 Å². The molecular formula is C7H5F2N3. The van der Waals surface area contributed by atoms with Crippen LogP contribution in [-0.4, -0.2) is 4.98 Å². The van der Waals surface area contributed by atoms with Gasteiger partial charge in [0.15, 0.2) is 0 Å². The summed E-state index contributed by atoms with van der Waals surface area (Å²) in [5.74, 6) is -0.157. The van der Waals surface area contributed by atoms with Gasteiger partial charge in [-0.05, 0) is 12.1 Å². The maximum atomic E-state index is 12.0. The molecule has 62 valence electrons. The number of aromatic nitrogens is 1. The number of hydrogen-bond acceptors (Lipinski definition) is 3. The highest BCUT2D eigenvalue weighted by Crippen LogP contribution is 2.18. The molecule has 1 aromatic rings. The highest BCUT2D eigenvalue weighted by molar-refractivity contribution is 5.48. The third-order valence-electron chi connectivity index (χ3n) is 1.29. The summed E-state index contributed by atoms with van der Waals surface area (Å²) in [5, 5.41) is 8.39. The second-order valence-corrected chi connectivity index (χ2v) is 2.08. The van der Waals surface area contributed by atoms with Crippen LogP contribution in [0.4, 0.5) is 14.6 Å². The van der Waals surface area contributed by atoms with Crippen LogP contribution in [-0.2, 0) is 0 Å². The van der Waals surface area contributed by atoms with Gasteiger partial charge in [-0.2, -0.15) is 5.26 Å². The lowest BCUT2D eigenvalue weighted by molar-refractivity contribution is 0.146. The molecule has 0 aliphatic heterocycles. The Morgan fingerprint density at radius 1 is 1.50 bits per heavy atom. The smallest absolute Gasteiger partial charge is 0.280 e. The van der Waals surface area contributed by atoms with Crippen LogP contribution in [0.5, 0.6) is 0 Å². The van der Waals surface area contributed by atoms with Gasteiger partial charge in [0, 0.05) is 0 Å². The van der Waals surface area contributed by atoms with E-state index < -0.39 is 12.1 Å². The molecule has 2 N–H and O–H groups in total. The summed E-state index contributed by atoms with van der Waals surface area (Å²) < 4.78 is 24.0. The Kier molecular flexibility index (Phi) is 2.19. The first kappa shape index (κ1) is 8.40. The van der Waals surface area contributed by atoms with Crippen molar-refractivity contribution >= 4 is 5.82 Å². The van der Waals surface area contributed by atoms with Gasteiger partial charge in [0.25, 0.3) is 6.43 Å². The first-order chi connectivity index (χ1) is 5.65. The van der Waals surface area contributed by atoms with Crippen molar-refractivity contribution in [2.45, 2.75) is 6.43 Å². The van der Waals surface area contributed by atoms with Crippen LogP contribution in [0.3, 0.4) is 0 Å². The van der Waals surface area contributed by atoms with Crippen molar-refractivity contribution in [3.05, 3.63) is 23.4 Å². The van der Waals surface area contributed by atoms with Crippen molar-refractivity contribution in [2.75, 3.05) is 5.73 Å². The molecule has 1 rings (SSSR count). The van der Waals surface area contributed by atoms with Crippen LogP contribution in [0, 0.1) is 11.3 Å². The fourth-order valence-corrected chi connectivity index (χ4v) is 0.707. The standard InChI is InChI=1S/C7H5F2N3/c8-6(9)5-2-1-4(3-10)7(11)12-5/h1-2,6H,(H2,11,12). The Morgan fingerprint density at radius 3 is 2.58 bits per heavy atom. The Morgan fingerprint density at radius 2 is 2.17 bits per heavy atom. The summed E-state index contributed by atoms with van der Waals surface area (Å²) >= 11 is 0. The number of nitriles is 1. The summed E-state index contributed by atoms with van der Waals surface area (Å²) in [6.07, 6.45) is -2.65. The Balaban J connectivity index is 3.12. The molecule has 0 spiro atoms. The molecule has 1 aromatic heterocycles. The average Bonchev–Trinajstić information content (AvgIpc) is 2.04. The fraction of sp³-hybridized carbons (Fsp3) is 0.143. The molecule has 0 saturated heterocycles. The Labute approximate surface area is 67.4 Å². The summed E-state index contributed by atoms with van der Waals surface area (Å²) in [5.41, 5.74) is 4.90. The van der Waals surface area contributed by atoms with Crippen molar-refractivity contribution in [2.24, 2.45) is 0 Å². The van der Waals surface area contributed by atoms with E-state index in [-0.39, 0.29) is 11.4 Å². The summed E-state index contributed by atoms with van der Waals surface area (Å²) in [4.78, 5) is 3.35. The molecule has 0 saturated carbocycles. The molecule has 0 atom stereocenters. The molecule has 12 heavy (non-hydrogen) atoms. The lowest BCUT2D eigenvalue weighted by Gasteiger charge is -2.00. The van der Waals surface area contributed by atoms with Gasteiger partial charge in [-0.25, -0.2) is 13.8 Å². The van der Waals surface area contributed by atoms with Gasteiger partial charge >= 0.3 is 0 Å². The van der Waals surface area contributed by atoms with E-state index in [2.05, 4.69) is 4.98 Å². The number of hydrogen-bond donors (Lipinski definition) is 1. The number of anilines is 1. The minimum absolute atomic E-state index is 0.111. The molecule has 0 fully saturated rings. The van der Waals surface area contributed by atoms with Crippen molar-refractivity contribution < 1.29 is 8.78 Å². The number of halogens is 2. The first-order valence-corrected chi connectivity index (χ1v) is 3.10. The minimum Gasteiger partial charge on any atom is -0.383 e. The maximum Gasteiger partial charge on any atom is 0.280 e. The second-order valence-electron chi connectivity index (χ2n) is 2.08. The molecule has 0 radical (unpaired) electrons. The van der Waals surface area contributed by atoms with Crippen LogP contribution < -0.4 is 5.73 Å². The van der Waals surface area contributed by atoms with Gasteiger partial charge in [-0.15, -0.1) is 0 Å². The summed E-state index contributed by atoms with van der Waals surface area (Å²) in [7, 11) is 0. The number of nitrogens with zero attached hydrogens (tertiary/aromatic N) is 2. The predicted molar refractivity (Wildman–Crippen MR) is 38.3 cm³/mol. The number of pyridine rings is 1. The third-order valence-corrected chi connectivity index (χ3v) is 1.29. The molecule has 0 unspecified atom stereocenters. The van der Waals surface area contributed by atoms with Gasteiger partial charge in [0.05, 0.1) is 5.56 Å². The van der Waals surface area contributed by atoms with Gasteiger partial charge in [-0.1, -0.05) is 0 Å². The van der Waals surface area contributed by atoms with E-state index in [4.69, 9.17) is 11.0 Å². The van der Waals surface area contributed by atoms with Crippen LogP contribution in [0.15, 0.2) is 12.1 Å². The zero-order chi connectivity index (χ0) is 9.14. The minimum atomic E-state index is -2.65. The molecule has 0 aliphatic rings. The maximum absolute atomic E-state index is 12.0. The molecule has 3 nitrogen and oxygen atoms in total. The molecule has 5 heteroatoms. The normalized spacial score (nSPS) is 9.83. The highest BCUT2D eigenvalue weighted by Gasteiger charge is 2.10. The van der Waals surface area contributed by atoms with Gasteiger partial charge in [-0.3, -0.25) is 0 Å². The van der Waals surface area contributed by atoms with E-state index in [0.29, 0.717) is 0 Å². The summed E-state index contributed by atoms with van der Waals surface area (Å²) in [6.45, 7) is 0. The fourth-order valence-electron chi connectivity index (χ4n) is 0.707. The van der Waals surface area contributed by atoms with E-state index in [1.54, 1.807) is 6.07 Å². The van der Waals surface area contributed by atoms with Crippen molar-refractivity contribution in [1.82, 2.24) is 4.98 Å². The number of nitrogen functional groups attached to an aromatic ring is 1. The van der Waals surface area contributed by atoms with Crippen LogP contribution in [0.1, 0.15) is 17.7 Å². The highest BCUT2D eigenvalue weighted by atomic mass is 19.3. The molecule has 0 aromatic carbocycles. The van der Waals surface area contributed by atoms with Crippen LogP contribution in [0.2, 0.25) is 0 Å². The molecular weight excluding hydrogens is 164 g/mol. The number of nitrogens with two attached hydrogens (primary N) is 1. The quantitative estimate of drug-likeness (QED) is 0.692. The van der Waals surface area contributed by atoms with Crippen molar-refractivity contribution in [3.8, 4) is 6.07 Å². The van der Waals surface area contributed by atoms with Gasteiger partial charge < -0.3 is 5.73 Å². The van der Waals surface area contributed by atoms with Gasteiger partial charge in [0.2, 0.25) is 0 Å². The largest absolute Gasteiger partial charge is 0.383 e. The molecule has 1 heterocycles. The lowest BCUT2D eigenvalue weighted by Crippen LogP contribution is -1.98. The predicted octanol–water partition coefficient (Wildman–Crippen LogP) is 1.47. The lowest BCUT2D eigenvalue weighted by atomic mass is 10.2. The van der Waals surface area contributed by atoms with E-state index in [0.717, 1.165) is 6.07 Å². The topological polar surface area (TPSA) is 62.7 Å². The number of alkyl halides is 2. The number of rotatable bonds is 1. The molecule has 0 bridgehead atoms. The average molecular weight is 169 g/mol. The third kappa shape index (κ3) is 1.48. The van der Waals surface area contributed by atoms with Crippen LogP contribution in [0.25, 0.3) is 0 Å². The molecule has 0 amide bonds. The second kappa shape index (κ2) is 3.13. The zero-order valence-corrected chi connectivity index (χ0v) is 5.96. The van der Waals surface area contributed by atoms with Crippen molar-refractivity contribution in [3.63, 3.8) is 0 Å². The summed E-state index contributed by atoms with van der Waals surface area (Å²) in [6, 6.07) is 4.04. The van der Waals surface area contributed by atoms with E-state index in [1.807, 2.05) is 0 Å².